The number of halogens is 3. The van der Waals surface area contributed by atoms with Crippen LogP contribution in [-0.2, 0) is 36.5 Å². The fourth-order valence-electron chi connectivity index (χ4n) is 3.78. The van der Waals surface area contributed by atoms with E-state index in [0.717, 1.165) is 17.5 Å². The zero-order valence-electron chi connectivity index (χ0n) is 23.4. The summed E-state index contributed by atoms with van der Waals surface area (Å²) in [5.41, 5.74) is -0.580. The van der Waals surface area contributed by atoms with Crippen molar-refractivity contribution in [1.29, 1.82) is 0 Å². The number of pyridine rings is 1. The van der Waals surface area contributed by atoms with E-state index >= 15 is 0 Å². The second kappa shape index (κ2) is 13.3. The van der Waals surface area contributed by atoms with Crippen molar-refractivity contribution in [3.05, 3.63) is 71.9 Å². The van der Waals surface area contributed by atoms with Crippen molar-refractivity contribution in [2.45, 2.75) is 58.0 Å². The van der Waals surface area contributed by atoms with Gasteiger partial charge in [-0.15, -0.1) is 0 Å². The molecule has 0 bridgehead atoms. The number of benzene rings is 2. The highest BCUT2D eigenvalue weighted by molar-refractivity contribution is 6.06. The fraction of sp³-hybridized carbons (Fsp3) is 0.345. The molecule has 3 aromatic rings. The lowest BCUT2D eigenvalue weighted by Gasteiger charge is -2.24. The van der Waals surface area contributed by atoms with Crippen molar-refractivity contribution in [3.63, 3.8) is 0 Å². The molecule has 2 aromatic carbocycles. The SMILES string of the molecule is CCOC(=O)C(NC(=O)OC(C)(C)C)C(=O)N[C@@H](Cc1ccc(C(F)(F)F)cc1)C(=O)Nc1cnc2ccccc2c1. The second-order valence-corrected chi connectivity index (χ2v) is 10.2. The number of amides is 3. The summed E-state index contributed by atoms with van der Waals surface area (Å²) in [5, 5.41) is 7.92. The lowest BCUT2D eigenvalue weighted by Crippen LogP contribution is -2.57. The topological polar surface area (TPSA) is 136 Å². The van der Waals surface area contributed by atoms with Gasteiger partial charge in [0, 0.05) is 11.8 Å². The minimum Gasteiger partial charge on any atom is -0.464 e. The predicted octanol–water partition coefficient (Wildman–Crippen LogP) is 4.38. The van der Waals surface area contributed by atoms with E-state index in [2.05, 4.69) is 20.9 Å². The largest absolute Gasteiger partial charge is 0.464 e. The number of esters is 1. The lowest BCUT2D eigenvalue weighted by molar-refractivity contribution is -0.149. The van der Waals surface area contributed by atoms with E-state index in [1.165, 1.54) is 25.3 Å². The van der Waals surface area contributed by atoms with Crippen LogP contribution >= 0.6 is 0 Å². The Hall–Kier alpha value is -4.68. The number of ether oxygens (including phenoxy) is 2. The number of alkyl halides is 3. The molecular weight excluding hydrogens is 557 g/mol. The zero-order valence-corrected chi connectivity index (χ0v) is 23.4. The number of rotatable bonds is 9. The molecule has 0 saturated carbocycles. The number of anilines is 1. The molecule has 2 atom stereocenters. The van der Waals surface area contributed by atoms with Gasteiger partial charge >= 0.3 is 18.2 Å². The molecule has 3 N–H and O–H groups in total. The number of hydrogen-bond acceptors (Lipinski definition) is 7. The van der Waals surface area contributed by atoms with Gasteiger partial charge in [-0.3, -0.25) is 19.9 Å². The molecule has 1 aromatic heterocycles. The number of nitrogens with one attached hydrogen (secondary N) is 3. The van der Waals surface area contributed by atoms with E-state index in [-0.39, 0.29) is 18.6 Å². The van der Waals surface area contributed by atoms with Crippen LogP contribution in [0.15, 0.2) is 60.8 Å². The first kappa shape index (κ1) is 31.8. The van der Waals surface area contributed by atoms with Crippen molar-refractivity contribution in [1.82, 2.24) is 15.6 Å². The molecule has 0 aliphatic heterocycles. The van der Waals surface area contributed by atoms with Gasteiger partial charge in [0.25, 0.3) is 5.91 Å². The van der Waals surface area contributed by atoms with Crippen LogP contribution in [0.1, 0.15) is 38.8 Å². The number of carbonyl (C=O) groups is 4. The molecule has 0 saturated heterocycles. The molecular formula is C29H31F3N4O6. The van der Waals surface area contributed by atoms with Crippen LogP contribution in [0.25, 0.3) is 10.9 Å². The van der Waals surface area contributed by atoms with Crippen molar-refractivity contribution in [2.24, 2.45) is 0 Å². The highest BCUT2D eigenvalue weighted by atomic mass is 19.4. The Morgan fingerprint density at radius 2 is 1.60 bits per heavy atom. The molecule has 0 spiro atoms. The van der Waals surface area contributed by atoms with E-state index < -0.39 is 53.3 Å². The first-order chi connectivity index (χ1) is 19.7. The molecule has 3 amide bonds. The van der Waals surface area contributed by atoms with Crippen LogP contribution < -0.4 is 16.0 Å². The lowest BCUT2D eigenvalue weighted by atomic mass is 10.0. The number of fused-ring (bicyclic) bond motifs is 1. The van der Waals surface area contributed by atoms with Gasteiger partial charge in [0.1, 0.15) is 11.6 Å². The number of alkyl carbamates (subject to hydrolysis) is 1. The zero-order chi connectivity index (χ0) is 31.1. The van der Waals surface area contributed by atoms with Crippen LogP contribution in [0.4, 0.5) is 23.7 Å². The highest BCUT2D eigenvalue weighted by Gasteiger charge is 2.35. The van der Waals surface area contributed by atoms with Gasteiger partial charge < -0.3 is 20.1 Å². The maximum Gasteiger partial charge on any atom is 0.416 e. The summed E-state index contributed by atoms with van der Waals surface area (Å²) in [6, 6.07) is 9.59. The summed E-state index contributed by atoms with van der Waals surface area (Å²) in [5.74, 6) is -2.95. The third kappa shape index (κ3) is 9.18. The quantitative estimate of drug-likeness (QED) is 0.249. The van der Waals surface area contributed by atoms with Crippen LogP contribution in [0.2, 0.25) is 0 Å². The second-order valence-electron chi connectivity index (χ2n) is 10.2. The van der Waals surface area contributed by atoms with E-state index in [1.54, 1.807) is 51.1 Å². The third-order valence-corrected chi connectivity index (χ3v) is 5.66. The number of nitrogens with zero attached hydrogens (tertiary/aromatic N) is 1. The Bertz CT molecular complexity index is 1440. The van der Waals surface area contributed by atoms with Gasteiger partial charge in [-0.2, -0.15) is 13.2 Å². The molecule has 1 heterocycles. The Kier molecular flexibility index (Phi) is 10.1. The standard InChI is InChI=1S/C29H31F3N4O6/c1-5-41-26(39)23(36-27(40)42-28(2,3)4)25(38)35-22(14-17-10-12-19(13-11-17)29(30,31)32)24(37)34-20-15-18-8-6-7-9-21(18)33-16-20/h6-13,15-16,22-23H,5,14H2,1-4H3,(H,34,37)(H,35,38)(H,36,40)/t22-,23?/m0/s1. The van der Waals surface area contributed by atoms with Crippen LogP contribution in [0.3, 0.4) is 0 Å². The first-order valence-electron chi connectivity index (χ1n) is 12.9. The highest BCUT2D eigenvalue weighted by Crippen LogP contribution is 2.29. The summed E-state index contributed by atoms with van der Waals surface area (Å²) >= 11 is 0. The summed E-state index contributed by atoms with van der Waals surface area (Å²) in [7, 11) is 0. The van der Waals surface area contributed by atoms with Crippen LogP contribution in [-0.4, -0.2) is 53.2 Å². The van der Waals surface area contributed by atoms with E-state index in [0.29, 0.717) is 11.2 Å². The Balaban J connectivity index is 1.88. The van der Waals surface area contributed by atoms with Gasteiger partial charge in [0.15, 0.2) is 0 Å². The van der Waals surface area contributed by atoms with Gasteiger partial charge in [-0.1, -0.05) is 30.3 Å². The molecule has 1 unspecified atom stereocenters. The molecule has 224 valence electrons. The van der Waals surface area contributed by atoms with Crippen LogP contribution in [0, 0.1) is 0 Å². The van der Waals surface area contributed by atoms with E-state index in [9.17, 15) is 32.3 Å². The third-order valence-electron chi connectivity index (χ3n) is 5.66. The average Bonchev–Trinajstić information content (AvgIpc) is 2.90. The molecule has 10 nitrogen and oxygen atoms in total. The monoisotopic (exact) mass is 588 g/mol. The van der Waals surface area contributed by atoms with Crippen molar-refractivity contribution in [2.75, 3.05) is 11.9 Å². The molecule has 3 rings (SSSR count). The van der Waals surface area contributed by atoms with Gasteiger partial charge in [0.05, 0.1) is 29.6 Å². The summed E-state index contributed by atoms with van der Waals surface area (Å²) in [4.78, 5) is 55.8. The predicted molar refractivity (Wildman–Crippen MR) is 147 cm³/mol. The van der Waals surface area contributed by atoms with Crippen molar-refractivity contribution in [3.8, 4) is 0 Å². The van der Waals surface area contributed by atoms with Crippen molar-refractivity contribution < 1.29 is 41.8 Å². The molecule has 0 radical (unpaired) electrons. The van der Waals surface area contributed by atoms with Gasteiger partial charge in [-0.25, -0.2) is 9.59 Å². The smallest absolute Gasteiger partial charge is 0.416 e. The average molecular weight is 589 g/mol. The maximum absolute atomic E-state index is 13.4. The summed E-state index contributed by atoms with van der Waals surface area (Å²) in [6.45, 7) is 6.14. The number of para-hydroxylation sites is 1. The van der Waals surface area contributed by atoms with Crippen LogP contribution in [0.5, 0.6) is 0 Å². The van der Waals surface area contributed by atoms with E-state index in [4.69, 9.17) is 9.47 Å². The Morgan fingerprint density at radius 3 is 2.21 bits per heavy atom. The maximum atomic E-state index is 13.4. The molecule has 0 aliphatic carbocycles. The Morgan fingerprint density at radius 1 is 0.929 bits per heavy atom. The van der Waals surface area contributed by atoms with Crippen molar-refractivity contribution >= 4 is 40.5 Å². The molecule has 0 aliphatic rings. The van der Waals surface area contributed by atoms with E-state index in [1.807, 2.05) is 0 Å². The molecule has 13 heteroatoms. The summed E-state index contributed by atoms with van der Waals surface area (Å²) < 4.78 is 49.2. The minimum absolute atomic E-state index is 0.108. The van der Waals surface area contributed by atoms with Gasteiger partial charge in [-0.05, 0) is 57.5 Å². The minimum atomic E-state index is -4.56. The number of aromatic nitrogens is 1. The fourth-order valence-corrected chi connectivity index (χ4v) is 3.78. The molecule has 42 heavy (non-hydrogen) atoms. The van der Waals surface area contributed by atoms with Gasteiger partial charge in [0.2, 0.25) is 11.9 Å². The molecule has 0 fully saturated rings. The number of carbonyl (C=O) groups excluding carboxylic acids is 4. The number of hydrogen-bond donors (Lipinski definition) is 3. The normalized spacial score (nSPS) is 13.0. The first-order valence-corrected chi connectivity index (χ1v) is 12.9. The Labute approximate surface area is 240 Å². The summed E-state index contributed by atoms with van der Waals surface area (Å²) in [6.07, 6.45) is -4.49.